The van der Waals surface area contributed by atoms with Crippen LogP contribution in [0.4, 0.5) is 21.7 Å². The zero-order chi connectivity index (χ0) is 17.2. The highest BCUT2D eigenvalue weighted by molar-refractivity contribution is 6.02. The zero-order valence-corrected chi connectivity index (χ0v) is 13.7. The van der Waals surface area contributed by atoms with Crippen LogP contribution in [0.1, 0.15) is 5.56 Å². The average Bonchev–Trinajstić information content (AvgIpc) is 2.62. The van der Waals surface area contributed by atoms with Gasteiger partial charge in [-0.15, -0.1) is 0 Å². The fourth-order valence-corrected chi connectivity index (χ4v) is 3.22. The molecule has 0 radical (unpaired) electrons. The lowest BCUT2D eigenvalue weighted by Gasteiger charge is -2.36. The van der Waals surface area contributed by atoms with Gasteiger partial charge in [0.2, 0.25) is 5.91 Å². The van der Waals surface area contributed by atoms with E-state index in [-0.39, 0.29) is 18.3 Å². The van der Waals surface area contributed by atoms with Gasteiger partial charge in [-0.3, -0.25) is 9.69 Å². The predicted octanol–water partition coefficient (Wildman–Crippen LogP) is 1.30. The van der Waals surface area contributed by atoms with Crippen LogP contribution < -0.4 is 15.5 Å². The molecule has 0 spiro atoms. The maximum Gasteiger partial charge on any atom is 0.243 e. The number of nitrogens with one attached hydrogen (secondary N) is 2. The van der Waals surface area contributed by atoms with Crippen molar-refractivity contribution in [3.63, 3.8) is 0 Å². The number of anilines is 3. The van der Waals surface area contributed by atoms with Crippen molar-refractivity contribution in [3.05, 3.63) is 42.0 Å². The Bertz CT molecular complexity index is 790. The number of aromatic nitrogens is 2. The van der Waals surface area contributed by atoms with Crippen LogP contribution in [-0.2, 0) is 11.3 Å². The Morgan fingerprint density at radius 2 is 2.00 bits per heavy atom. The zero-order valence-electron chi connectivity index (χ0n) is 13.7. The summed E-state index contributed by atoms with van der Waals surface area (Å²) in [6.45, 7) is 4.22. The number of nitrogens with zero attached hydrogens (tertiary/aromatic N) is 4. The Morgan fingerprint density at radius 3 is 2.80 bits per heavy atom. The van der Waals surface area contributed by atoms with Crippen LogP contribution in [0.3, 0.4) is 0 Å². The number of carbonyl (C=O) groups is 1. The monoisotopic (exact) mass is 342 g/mol. The molecular weight excluding hydrogens is 323 g/mol. The molecule has 2 aliphatic heterocycles. The highest BCUT2D eigenvalue weighted by Gasteiger charge is 2.25. The SMILES string of the molecule is O=C1CNc2ncnc(N3CCN(Cc4cccc(F)c4)CC3)c2N1. The molecule has 1 saturated heterocycles. The summed E-state index contributed by atoms with van der Waals surface area (Å²) in [5.74, 6) is 1.11. The summed E-state index contributed by atoms with van der Waals surface area (Å²) in [4.78, 5) is 24.6. The van der Waals surface area contributed by atoms with Crippen LogP contribution in [0, 0.1) is 5.82 Å². The number of amides is 1. The molecule has 2 aromatic rings. The second kappa shape index (κ2) is 6.64. The van der Waals surface area contributed by atoms with E-state index in [0.717, 1.165) is 44.1 Å². The summed E-state index contributed by atoms with van der Waals surface area (Å²) in [6.07, 6.45) is 1.51. The molecule has 1 fully saturated rings. The van der Waals surface area contributed by atoms with Gasteiger partial charge in [-0.05, 0) is 17.7 Å². The van der Waals surface area contributed by atoms with Gasteiger partial charge >= 0.3 is 0 Å². The number of hydrogen-bond acceptors (Lipinski definition) is 6. The van der Waals surface area contributed by atoms with Crippen LogP contribution in [0.2, 0.25) is 0 Å². The minimum Gasteiger partial charge on any atom is -0.359 e. The first-order valence-corrected chi connectivity index (χ1v) is 8.29. The van der Waals surface area contributed by atoms with Crippen molar-refractivity contribution in [1.29, 1.82) is 0 Å². The van der Waals surface area contributed by atoms with Gasteiger partial charge in [-0.1, -0.05) is 12.1 Å². The van der Waals surface area contributed by atoms with E-state index in [1.165, 1.54) is 12.4 Å². The first kappa shape index (κ1) is 15.8. The maximum absolute atomic E-state index is 13.3. The summed E-state index contributed by atoms with van der Waals surface area (Å²) >= 11 is 0. The van der Waals surface area contributed by atoms with Crippen molar-refractivity contribution in [3.8, 4) is 0 Å². The number of halogens is 1. The Morgan fingerprint density at radius 1 is 1.16 bits per heavy atom. The highest BCUT2D eigenvalue weighted by Crippen LogP contribution is 2.31. The third kappa shape index (κ3) is 3.39. The molecule has 3 heterocycles. The fourth-order valence-electron chi connectivity index (χ4n) is 3.22. The molecule has 0 atom stereocenters. The van der Waals surface area contributed by atoms with Crippen LogP contribution in [-0.4, -0.2) is 53.5 Å². The molecule has 130 valence electrons. The number of benzene rings is 1. The van der Waals surface area contributed by atoms with Crippen molar-refractivity contribution in [2.75, 3.05) is 48.3 Å². The minimum atomic E-state index is -0.202. The highest BCUT2D eigenvalue weighted by atomic mass is 19.1. The molecule has 7 nitrogen and oxygen atoms in total. The van der Waals surface area contributed by atoms with E-state index in [0.29, 0.717) is 11.5 Å². The number of rotatable bonds is 3. The molecule has 0 unspecified atom stereocenters. The third-order valence-corrected chi connectivity index (χ3v) is 4.48. The van der Waals surface area contributed by atoms with Gasteiger partial charge in [0.15, 0.2) is 11.6 Å². The number of piperazine rings is 1. The topological polar surface area (TPSA) is 73.4 Å². The van der Waals surface area contributed by atoms with Crippen LogP contribution in [0.5, 0.6) is 0 Å². The van der Waals surface area contributed by atoms with E-state index in [4.69, 9.17) is 0 Å². The van der Waals surface area contributed by atoms with Gasteiger partial charge < -0.3 is 15.5 Å². The average molecular weight is 342 g/mol. The van der Waals surface area contributed by atoms with Gasteiger partial charge in [0.25, 0.3) is 0 Å². The molecular formula is C17H19FN6O. The van der Waals surface area contributed by atoms with Crippen molar-refractivity contribution in [2.24, 2.45) is 0 Å². The van der Waals surface area contributed by atoms with Crippen LogP contribution >= 0.6 is 0 Å². The summed E-state index contributed by atoms with van der Waals surface area (Å²) in [5, 5.41) is 5.86. The molecule has 0 bridgehead atoms. The quantitative estimate of drug-likeness (QED) is 0.876. The molecule has 0 saturated carbocycles. The summed E-state index contributed by atoms with van der Waals surface area (Å²) < 4.78 is 13.3. The van der Waals surface area contributed by atoms with Crippen molar-refractivity contribution >= 4 is 23.2 Å². The lowest BCUT2D eigenvalue weighted by molar-refractivity contribution is -0.114. The standard InChI is InChI=1S/C17H19FN6O/c18-13-3-1-2-12(8-13)10-23-4-6-24(7-5-23)17-15-16(20-11-21-17)19-9-14(25)22-15/h1-3,8,11H,4-7,9-10H2,(H,22,25)(H,19,20,21). The van der Waals surface area contributed by atoms with Gasteiger partial charge in [-0.25, -0.2) is 14.4 Å². The van der Waals surface area contributed by atoms with E-state index >= 15 is 0 Å². The Kier molecular flexibility index (Phi) is 4.19. The lowest BCUT2D eigenvalue weighted by atomic mass is 10.2. The Balaban J connectivity index is 1.43. The van der Waals surface area contributed by atoms with E-state index in [9.17, 15) is 9.18 Å². The third-order valence-electron chi connectivity index (χ3n) is 4.48. The van der Waals surface area contributed by atoms with E-state index in [1.54, 1.807) is 12.1 Å². The minimum absolute atomic E-state index is 0.0895. The molecule has 1 aromatic carbocycles. The first-order chi connectivity index (χ1) is 12.2. The number of hydrogen-bond donors (Lipinski definition) is 2. The van der Waals surface area contributed by atoms with Crippen LogP contribution in [0.15, 0.2) is 30.6 Å². The lowest BCUT2D eigenvalue weighted by Crippen LogP contribution is -2.46. The van der Waals surface area contributed by atoms with Gasteiger partial charge in [0.05, 0.1) is 6.54 Å². The Hall–Kier alpha value is -2.74. The molecule has 0 aliphatic carbocycles. The van der Waals surface area contributed by atoms with Gasteiger partial charge in [0.1, 0.15) is 17.8 Å². The van der Waals surface area contributed by atoms with E-state index < -0.39 is 0 Å². The molecule has 2 aliphatic rings. The molecule has 1 amide bonds. The van der Waals surface area contributed by atoms with Gasteiger partial charge in [0, 0.05) is 32.7 Å². The van der Waals surface area contributed by atoms with Crippen molar-refractivity contribution < 1.29 is 9.18 Å². The second-order valence-electron chi connectivity index (χ2n) is 6.22. The normalized spacial score (nSPS) is 17.6. The maximum atomic E-state index is 13.3. The molecule has 25 heavy (non-hydrogen) atoms. The molecule has 1 aromatic heterocycles. The Labute approximate surface area is 144 Å². The molecule has 2 N–H and O–H groups in total. The molecule has 8 heteroatoms. The van der Waals surface area contributed by atoms with Crippen molar-refractivity contribution in [1.82, 2.24) is 14.9 Å². The van der Waals surface area contributed by atoms with Gasteiger partial charge in [-0.2, -0.15) is 0 Å². The number of carbonyl (C=O) groups excluding carboxylic acids is 1. The summed E-state index contributed by atoms with van der Waals surface area (Å²) in [5.41, 5.74) is 1.63. The fraction of sp³-hybridized carbons (Fsp3) is 0.353. The van der Waals surface area contributed by atoms with E-state index in [2.05, 4.69) is 30.4 Å². The largest absolute Gasteiger partial charge is 0.359 e. The smallest absolute Gasteiger partial charge is 0.243 e. The predicted molar refractivity (Wildman–Crippen MR) is 93.0 cm³/mol. The summed E-state index contributed by atoms with van der Waals surface area (Å²) in [6, 6.07) is 6.72. The number of fused-ring (bicyclic) bond motifs is 1. The second-order valence-corrected chi connectivity index (χ2v) is 6.22. The van der Waals surface area contributed by atoms with Crippen molar-refractivity contribution in [2.45, 2.75) is 6.54 Å². The molecule has 4 rings (SSSR count). The van der Waals surface area contributed by atoms with Crippen LogP contribution in [0.25, 0.3) is 0 Å². The first-order valence-electron chi connectivity index (χ1n) is 8.29. The van der Waals surface area contributed by atoms with E-state index in [1.807, 2.05) is 6.07 Å². The summed E-state index contributed by atoms with van der Waals surface area (Å²) in [7, 11) is 0.